The van der Waals surface area contributed by atoms with E-state index in [9.17, 15) is 19.7 Å². The van der Waals surface area contributed by atoms with E-state index in [1.54, 1.807) is 36.4 Å². The molecule has 8 heteroatoms. The van der Waals surface area contributed by atoms with Crippen molar-refractivity contribution in [3.63, 3.8) is 0 Å². The molecule has 1 fully saturated rings. The summed E-state index contributed by atoms with van der Waals surface area (Å²) in [5, 5.41) is 19.4. The third-order valence-corrected chi connectivity index (χ3v) is 4.64. The monoisotopic (exact) mass is 365 g/mol. The maximum atomic E-state index is 12.5. The van der Waals surface area contributed by atoms with Gasteiger partial charge >= 0.3 is 0 Å². The largest absolute Gasteiger partial charge is 0.293 e. The van der Waals surface area contributed by atoms with Gasteiger partial charge in [0, 0.05) is 11.6 Å². The second-order valence-electron chi connectivity index (χ2n) is 5.39. The topological polar surface area (TPSA) is 104 Å². The average Bonchev–Trinajstić information content (AvgIpc) is 2.90. The number of carbonyl (C=O) groups excluding carboxylic acids is 2. The van der Waals surface area contributed by atoms with Gasteiger partial charge in [-0.25, -0.2) is 0 Å². The molecule has 0 atom stereocenters. The predicted molar refractivity (Wildman–Crippen MR) is 95.8 cm³/mol. The van der Waals surface area contributed by atoms with E-state index in [-0.39, 0.29) is 17.1 Å². The van der Waals surface area contributed by atoms with E-state index in [0.29, 0.717) is 16.7 Å². The van der Waals surface area contributed by atoms with E-state index < -0.39 is 16.1 Å². The van der Waals surface area contributed by atoms with Crippen molar-refractivity contribution in [1.82, 2.24) is 4.90 Å². The summed E-state index contributed by atoms with van der Waals surface area (Å²) >= 11 is 0.784. The van der Waals surface area contributed by atoms with E-state index in [0.717, 1.165) is 16.7 Å². The van der Waals surface area contributed by atoms with Crippen molar-refractivity contribution < 1.29 is 14.5 Å². The first-order valence-electron chi connectivity index (χ1n) is 7.47. The first-order chi connectivity index (χ1) is 12.5. The summed E-state index contributed by atoms with van der Waals surface area (Å²) in [6.07, 6.45) is 1.56. The molecular weight excluding hydrogens is 354 g/mol. The van der Waals surface area contributed by atoms with Crippen molar-refractivity contribution in [3.8, 4) is 6.07 Å². The molecular formula is C18H11N3O4S. The Morgan fingerprint density at radius 3 is 2.50 bits per heavy atom. The van der Waals surface area contributed by atoms with Gasteiger partial charge in [0.25, 0.3) is 16.8 Å². The Hall–Kier alpha value is -3.44. The molecule has 2 amide bonds. The molecule has 0 saturated carbocycles. The normalized spacial score (nSPS) is 15.3. The molecule has 2 aromatic rings. The number of imide groups is 1. The number of benzene rings is 2. The van der Waals surface area contributed by atoms with Gasteiger partial charge in [-0.1, -0.05) is 30.3 Å². The van der Waals surface area contributed by atoms with Gasteiger partial charge in [0.05, 0.1) is 28.0 Å². The van der Waals surface area contributed by atoms with E-state index >= 15 is 0 Å². The number of para-hydroxylation sites is 1. The summed E-state index contributed by atoms with van der Waals surface area (Å²) in [4.78, 5) is 36.5. The number of nitriles is 1. The molecule has 7 nitrogen and oxygen atoms in total. The molecule has 26 heavy (non-hydrogen) atoms. The molecule has 0 aromatic heterocycles. The minimum Gasteiger partial charge on any atom is -0.268 e. The van der Waals surface area contributed by atoms with Crippen LogP contribution in [0.25, 0.3) is 6.08 Å². The first kappa shape index (κ1) is 17.4. The van der Waals surface area contributed by atoms with Crippen LogP contribution in [-0.2, 0) is 11.3 Å². The highest BCUT2D eigenvalue weighted by atomic mass is 32.2. The van der Waals surface area contributed by atoms with E-state index in [2.05, 4.69) is 0 Å². The molecule has 1 aliphatic rings. The van der Waals surface area contributed by atoms with Crippen molar-refractivity contribution in [2.75, 3.05) is 0 Å². The van der Waals surface area contributed by atoms with Crippen LogP contribution in [0.3, 0.4) is 0 Å². The molecule has 0 bridgehead atoms. The van der Waals surface area contributed by atoms with Crippen molar-refractivity contribution in [2.24, 2.45) is 0 Å². The van der Waals surface area contributed by atoms with Crippen LogP contribution in [0.1, 0.15) is 16.7 Å². The highest BCUT2D eigenvalue weighted by Gasteiger charge is 2.36. The Kier molecular flexibility index (Phi) is 4.82. The Labute approximate surface area is 152 Å². The number of nitro groups is 1. The quantitative estimate of drug-likeness (QED) is 0.465. The van der Waals surface area contributed by atoms with Crippen LogP contribution in [0.4, 0.5) is 10.5 Å². The lowest BCUT2D eigenvalue weighted by Gasteiger charge is -2.12. The fraction of sp³-hybridized carbons (Fsp3) is 0.0556. The zero-order valence-corrected chi connectivity index (χ0v) is 14.1. The third kappa shape index (κ3) is 3.48. The van der Waals surface area contributed by atoms with Gasteiger partial charge in [-0.15, -0.1) is 0 Å². The van der Waals surface area contributed by atoms with Gasteiger partial charge in [0.1, 0.15) is 0 Å². The summed E-state index contributed by atoms with van der Waals surface area (Å²) in [5.74, 6) is -0.498. The number of carbonyl (C=O) groups is 2. The second kappa shape index (κ2) is 7.21. The van der Waals surface area contributed by atoms with Crippen LogP contribution < -0.4 is 0 Å². The number of nitro benzene ring substituents is 1. The van der Waals surface area contributed by atoms with Crippen molar-refractivity contribution in [2.45, 2.75) is 6.54 Å². The molecule has 0 radical (unpaired) electrons. The minimum atomic E-state index is -0.541. The fourth-order valence-corrected chi connectivity index (χ4v) is 3.27. The maximum Gasteiger partial charge on any atom is 0.293 e. The lowest BCUT2D eigenvalue weighted by Crippen LogP contribution is -2.27. The summed E-state index contributed by atoms with van der Waals surface area (Å²) in [7, 11) is 0. The van der Waals surface area contributed by atoms with Gasteiger partial charge in [-0.2, -0.15) is 5.26 Å². The van der Waals surface area contributed by atoms with Crippen molar-refractivity contribution >= 4 is 34.7 Å². The third-order valence-electron chi connectivity index (χ3n) is 3.73. The summed E-state index contributed by atoms with van der Waals surface area (Å²) in [5.41, 5.74) is 1.33. The van der Waals surface area contributed by atoms with Crippen LogP contribution in [0.2, 0.25) is 0 Å². The standard InChI is InChI=1S/C18H11N3O4S/c19-10-13-7-5-12(6-8-13)9-16-17(22)20(18(23)26-16)11-14-3-1-2-4-15(14)21(24)25/h1-9H,11H2/b16-9-. The number of amides is 2. The summed E-state index contributed by atoms with van der Waals surface area (Å²) < 4.78 is 0. The Bertz CT molecular complexity index is 977. The zero-order valence-electron chi connectivity index (χ0n) is 13.3. The van der Waals surface area contributed by atoms with E-state index in [1.165, 1.54) is 18.2 Å². The lowest BCUT2D eigenvalue weighted by atomic mass is 10.1. The molecule has 0 aliphatic carbocycles. The van der Waals surface area contributed by atoms with Gasteiger partial charge < -0.3 is 0 Å². The number of thioether (sulfide) groups is 1. The molecule has 128 valence electrons. The minimum absolute atomic E-state index is 0.136. The number of nitrogens with zero attached hydrogens (tertiary/aromatic N) is 3. The van der Waals surface area contributed by atoms with E-state index in [4.69, 9.17) is 5.26 Å². The van der Waals surface area contributed by atoms with Crippen LogP contribution in [0, 0.1) is 21.4 Å². The highest BCUT2D eigenvalue weighted by molar-refractivity contribution is 8.18. The molecule has 2 aromatic carbocycles. The Morgan fingerprint density at radius 2 is 1.85 bits per heavy atom. The van der Waals surface area contributed by atoms with Crippen LogP contribution in [0.15, 0.2) is 53.4 Å². The fourth-order valence-electron chi connectivity index (χ4n) is 2.43. The molecule has 3 rings (SSSR count). The number of hydrogen-bond donors (Lipinski definition) is 0. The summed E-state index contributed by atoms with van der Waals surface area (Å²) in [6, 6.07) is 14.6. The van der Waals surface area contributed by atoms with Crippen LogP contribution >= 0.6 is 11.8 Å². The molecule has 1 aliphatic heterocycles. The predicted octanol–water partition coefficient (Wildman–Crippen LogP) is 3.70. The van der Waals surface area contributed by atoms with Crippen molar-refractivity contribution in [3.05, 3.63) is 80.2 Å². The molecule has 0 spiro atoms. The Morgan fingerprint density at radius 1 is 1.15 bits per heavy atom. The SMILES string of the molecule is N#Cc1ccc(/C=C2\SC(=O)N(Cc3ccccc3[N+](=O)[O-])C2=O)cc1. The maximum absolute atomic E-state index is 12.5. The first-order valence-corrected chi connectivity index (χ1v) is 8.29. The van der Waals surface area contributed by atoms with E-state index in [1.807, 2.05) is 6.07 Å². The smallest absolute Gasteiger partial charge is 0.268 e. The Balaban J connectivity index is 1.84. The molecule has 1 saturated heterocycles. The highest BCUT2D eigenvalue weighted by Crippen LogP contribution is 2.34. The average molecular weight is 365 g/mol. The summed E-state index contributed by atoms with van der Waals surface area (Å²) in [6.45, 7) is -0.160. The molecule has 0 N–H and O–H groups in total. The van der Waals surface area contributed by atoms with Gasteiger partial charge in [0.15, 0.2) is 0 Å². The van der Waals surface area contributed by atoms with Crippen LogP contribution in [0.5, 0.6) is 0 Å². The number of hydrogen-bond acceptors (Lipinski definition) is 6. The van der Waals surface area contributed by atoms with Crippen LogP contribution in [-0.4, -0.2) is 21.0 Å². The van der Waals surface area contributed by atoms with Gasteiger partial charge in [-0.05, 0) is 35.5 Å². The molecule has 0 unspecified atom stereocenters. The second-order valence-corrected chi connectivity index (χ2v) is 6.38. The molecule has 1 heterocycles. The number of rotatable bonds is 4. The zero-order chi connectivity index (χ0) is 18.7. The van der Waals surface area contributed by atoms with Gasteiger partial charge in [0.2, 0.25) is 0 Å². The lowest BCUT2D eigenvalue weighted by molar-refractivity contribution is -0.385. The van der Waals surface area contributed by atoms with Crippen molar-refractivity contribution in [1.29, 1.82) is 5.26 Å². The van der Waals surface area contributed by atoms with Gasteiger partial charge in [-0.3, -0.25) is 24.6 Å².